The van der Waals surface area contributed by atoms with Gasteiger partial charge in [-0.15, -0.1) is 11.6 Å². The molecule has 0 bridgehead atoms. The Morgan fingerprint density at radius 1 is 0.947 bits per heavy atom. The summed E-state index contributed by atoms with van der Waals surface area (Å²) in [5.41, 5.74) is 5.84. The number of aryl methyl sites for hydroxylation is 3. The van der Waals surface area contributed by atoms with Crippen LogP contribution in [0.5, 0.6) is 5.75 Å². The summed E-state index contributed by atoms with van der Waals surface area (Å²) in [4.78, 5) is 0. The number of hydrogen-bond acceptors (Lipinski definition) is 1. The summed E-state index contributed by atoms with van der Waals surface area (Å²) in [6.45, 7) is 6.22. The van der Waals surface area contributed by atoms with Gasteiger partial charge in [-0.1, -0.05) is 35.9 Å². The molecule has 0 saturated heterocycles. The van der Waals surface area contributed by atoms with Crippen molar-refractivity contribution < 1.29 is 4.74 Å². The third-order valence-corrected chi connectivity index (χ3v) is 3.91. The minimum Gasteiger partial charge on any atom is -0.496 e. The highest BCUT2D eigenvalue weighted by Crippen LogP contribution is 2.33. The van der Waals surface area contributed by atoms with Crippen molar-refractivity contribution in [2.75, 3.05) is 7.11 Å². The number of methoxy groups -OCH3 is 1. The third kappa shape index (κ3) is 2.93. The molecule has 1 atom stereocenters. The molecule has 0 aliphatic rings. The zero-order valence-corrected chi connectivity index (χ0v) is 12.6. The highest BCUT2D eigenvalue weighted by atomic mass is 35.5. The van der Waals surface area contributed by atoms with Crippen LogP contribution in [-0.2, 0) is 0 Å². The predicted molar refractivity (Wildman–Crippen MR) is 81.3 cm³/mol. The maximum Gasteiger partial charge on any atom is 0.121 e. The maximum atomic E-state index is 6.64. The molecule has 100 valence electrons. The Kier molecular flexibility index (Phi) is 4.16. The number of alkyl halides is 1. The van der Waals surface area contributed by atoms with E-state index < -0.39 is 0 Å². The van der Waals surface area contributed by atoms with Crippen LogP contribution in [0.25, 0.3) is 0 Å². The van der Waals surface area contributed by atoms with Crippen LogP contribution in [0.15, 0.2) is 36.4 Å². The minimum absolute atomic E-state index is 0.121. The molecular formula is C17H19ClO. The van der Waals surface area contributed by atoms with E-state index in [1.165, 1.54) is 16.7 Å². The van der Waals surface area contributed by atoms with Crippen molar-refractivity contribution >= 4 is 11.6 Å². The topological polar surface area (TPSA) is 9.23 Å². The monoisotopic (exact) mass is 274 g/mol. The van der Waals surface area contributed by atoms with E-state index in [1.807, 2.05) is 19.1 Å². The van der Waals surface area contributed by atoms with E-state index in [9.17, 15) is 0 Å². The molecule has 0 aliphatic heterocycles. The molecule has 0 radical (unpaired) electrons. The van der Waals surface area contributed by atoms with Crippen molar-refractivity contribution in [1.82, 2.24) is 0 Å². The standard InChI is InChI=1S/C17H19ClO/c1-11-5-6-12(2)15(9-11)17(18)14-7-8-16(19-4)13(3)10-14/h5-10,17H,1-4H3. The smallest absolute Gasteiger partial charge is 0.121 e. The van der Waals surface area contributed by atoms with Gasteiger partial charge >= 0.3 is 0 Å². The van der Waals surface area contributed by atoms with E-state index in [2.05, 4.69) is 38.1 Å². The normalized spacial score (nSPS) is 12.3. The van der Waals surface area contributed by atoms with Crippen molar-refractivity contribution in [1.29, 1.82) is 0 Å². The predicted octanol–water partition coefficient (Wildman–Crippen LogP) is 4.95. The van der Waals surface area contributed by atoms with Gasteiger partial charge in [0, 0.05) is 0 Å². The Balaban J connectivity index is 2.41. The van der Waals surface area contributed by atoms with Gasteiger partial charge in [0.2, 0.25) is 0 Å². The highest BCUT2D eigenvalue weighted by molar-refractivity contribution is 6.22. The third-order valence-electron chi connectivity index (χ3n) is 3.42. The van der Waals surface area contributed by atoms with Gasteiger partial charge in [-0.2, -0.15) is 0 Å². The fraction of sp³-hybridized carbons (Fsp3) is 0.294. The first-order chi connectivity index (χ1) is 9.02. The molecule has 0 saturated carbocycles. The molecule has 2 rings (SSSR count). The fourth-order valence-corrected chi connectivity index (χ4v) is 2.64. The molecule has 0 aliphatic carbocycles. The van der Waals surface area contributed by atoms with E-state index in [1.54, 1.807) is 7.11 Å². The Bertz CT molecular complexity index is 590. The van der Waals surface area contributed by atoms with Crippen molar-refractivity contribution in [3.63, 3.8) is 0 Å². The highest BCUT2D eigenvalue weighted by Gasteiger charge is 2.14. The van der Waals surface area contributed by atoms with Gasteiger partial charge in [-0.05, 0) is 49.1 Å². The van der Waals surface area contributed by atoms with Crippen LogP contribution in [-0.4, -0.2) is 7.11 Å². The van der Waals surface area contributed by atoms with Crippen molar-refractivity contribution in [3.05, 3.63) is 64.2 Å². The summed E-state index contributed by atoms with van der Waals surface area (Å²) in [6.07, 6.45) is 0. The first-order valence-corrected chi connectivity index (χ1v) is 6.82. The Morgan fingerprint density at radius 2 is 1.68 bits per heavy atom. The SMILES string of the molecule is COc1ccc(C(Cl)c2cc(C)ccc2C)cc1C. The second-order valence-corrected chi connectivity index (χ2v) is 5.39. The molecule has 1 nitrogen and oxygen atoms in total. The van der Waals surface area contributed by atoms with Crippen molar-refractivity contribution in [2.24, 2.45) is 0 Å². The average Bonchev–Trinajstić information content (AvgIpc) is 2.40. The summed E-state index contributed by atoms with van der Waals surface area (Å²) in [5, 5.41) is -0.121. The van der Waals surface area contributed by atoms with Gasteiger partial charge in [0.25, 0.3) is 0 Å². The summed E-state index contributed by atoms with van der Waals surface area (Å²) in [6, 6.07) is 12.5. The first kappa shape index (κ1) is 14.0. The van der Waals surface area contributed by atoms with Crippen LogP contribution in [0.2, 0.25) is 0 Å². The molecule has 1 unspecified atom stereocenters. The number of hydrogen-bond donors (Lipinski definition) is 0. The molecule has 0 amide bonds. The maximum absolute atomic E-state index is 6.64. The molecule has 0 fully saturated rings. The molecule has 0 aromatic heterocycles. The average molecular weight is 275 g/mol. The van der Waals surface area contributed by atoms with Crippen LogP contribution >= 0.6 is 11.6 Å². The van der Waals surface area contributed by atoms with Gasteiger partial charge in [0.1, 0.15) is 5.75 Å². The van der Waals surface area contributed by atoms with Crippen molar-refractivity contribution in [3.8, 4) is 5.75 Å². The van der Waals surface area contributed by atoms with Crippen LogP contribution in [0.3, 0.4) is 0 Å². The number of benzene rings is 2. The minimum atomic E-state index is -0.121. The lowest BCUT2D eigenvalue weighted by molar-refractivity contribution is 0.411. The summed E-state index contributed by atoms with van der Waals surface area (Å²) in [7, 11) is 1.69. The molecule has 0 spiro atoms. The lowest BCUT2D eigenvalue weighted by Gasteiger charge is -2.15. The van der Waals surface area contributed by atoms with E-state index in [0.29, 0.717) is 0 Å². The first-order valence-electron chi connectivity index (χ1n) is 6.38. The van der Waals surface area contributed by atoms with Crippen LogP contribution in [0.4, 0.5) is 0 Å². The fourth-order valence-electron chi connectivity index (χ4n) is 2.27. The van der Waals surface area contributed by atoms with Gasteiger partial charge in [0.05, 0.1) is 12.5 Å². The molecule has 0 N–H and O–H groups in total. The van der Waals surface area contributed by atoms with E-state index in [0.717, 1.165) is 16.9 Å². The zero-order chi connectivity index (χ0) is 14.0. The second-order valence-electron chi connectivity index (χ2n) is 4.95. The molecular weight excluding hydrogens is 256 g/mol. The number of ether oxygens (including phenoxy) is 1. The molecule has 19 heavy (non-hydrogen) atoms. The number of halogens is 1. The van der Waals surface area contributed by atoms with E-state index >= 15 is 0 Å². The van der Waals surface area contributed by atoms with E-state index in [4.69, 9.17) is 16.3 Å². The molecule has 2 aromatic carbocycles. The second kappa shape index (κ2) is 5.66. The van der Waals surface area contributed by atoms with E-state index in [-0.39, 0.29) is 5.38 Å². The Hall–Kier alpha value is -1.47. The van der Waals surface area contributed by atoms with Gasteiger partial charge in [-0.25, -0.2) is 0 Å². The summed E-state index contributed by atoms with van der Waals surface area (Å²) < 4.78 is 5.29. The lowest BCUT2D eigenvalue weighted by Crippen LogP contribution is -1.98. The zero-order valence-electron chi connectivity index (χ0n) is 11.8. The van der Waals surface area contributed by atoms with Crippen LogP contribution in [0, 0.1) is 20.8 Å². The van der Waals surface area contributed by atoms with Crippen LogP contribution < -0.4 is 4.74 Å². The van der Waals surface area contributed by atoms with Crippen LogP contribution in [0.1, 0.15) is 33.2 Å². The largest absolute Gasteiger partial charge is 0.496 e. The Morgan fingerprint density at radius 3 is 2.32 bits per heavy atom. The van der Waals surface area contributed by atoms with Crippen molar-refractivity contribution in [2.45, 2.75) is 26.1 Å². The molecule has 2 aromatic rings. The Labute approximate surface area is 120 Å². The molecule has 2 heteroatoms. The van der Waals surface area contributed by atoms with Gasteiger partial charge in [-0.3, -0.25) is 0 Å². The lowest BCUT2D eigenvalue weighted by atomic mass is 9.97. The quantitative estimate of drug-likeness (QED) is 0.720. The summed E-state index contributed by atoms with van der Waals surface area (Å²) in [5.74, 6) is 0.897. The number of rotatable bonds is 3. The van der Waals surface area contributed by atoms with Gasteiger partial charge < -0.3 is 4.74 Å². The molecule has 0 heterocycles. The van der Waals surface area contributed by atoms with Gasteiger partial charge in [0.15, 0.2) is 0 Å². The summed E-state index contributed by atoms with van der Waals surface area (Å²) >= 11 is 6.64.